The molecular formula is C17H26ClN3O4. The third-order valence-corrected chi connectivity index (χ3v) is 3.94. The van der Waals surface area contributed by atoms with Gasteiger partial charge >= 0.3 is 0 Å². The number of amides is 2. The minimum atomic E-state index is -0.539. The molecule has 0 saturated carbocycles. The van der Waals surface area contributed by atoms with Gasteiger partial charge in [0.25, 0.3) is 5.91 Å². The van der Waals surface area contributed by atoms with Crippen LogP contribution in [0.2, 0.25) is 0 Å². The first-order chi connectivity index (χ1) is 11.6. The standard InChI is InChI=1S/C17H25N3O4.ClH/c1-2-19-15(21)11-24-14-5-3-13(4-6-14)20-17(22)16(18)12-7-9-23-10-8-12;/h3-6,12,16H,2,7-11,18H2,1H3,(H,19,21)(H,20,22);1H. The number of nitrogens with one attached hydrogen (secondary N) is 2. The Morgan fingerprint density at radius 1 is 1.28 bits per heavy atom. The van der Waals surface area contributed by atoms with Crippen LogP contribution in [-0.4, -0.2) is 44.2 Å². The number of benzene rings is 1. The molecule has 1 atom stereocenters. The summed E-state index contributed by atoms with van der Waals surface area (Å²) in [7, 11) is 0. The SMILES string of the molecule is CCNC(=O)COc1ccc(NC(=O)C(N)C2CCOCC2)cc1.Cl. The van der Waals surface area contributed by atoms with Crippen molar-refractivity contribution in [2.75, 3.05) is 31.7 Å². The molecular weight excluding hydrogens is 346 g/mol. The van der Waals surface area contributed by atoms with Gasteiger partial charge < -0.3 is 25.8 Å². The van der Waals surface area contributed by atoms with E-state index in [9.17, 15) is 9.59 Å². The summed E-state index contributed by atoms with van der Waals surface area (Å²) in [4.78, 5) is 23.6. The Balaban J connectivity index is 0.00000312. The van der Waals surface area contributed by atoms with Crippen LogP contribution in [0.1, 0.15) is 19.8 Å². The molecule has 4 N–H and O–H groups in total. The van der Waals surface area contributed by atoms with Gasteiger partial charge in [0, 0.05) is 25.4 Å². The van der Waals surface area contributed by atoms with Crippen LogP contribution in [0.25, 0.3) is 0 Å². The summed E-state index contributed by atoms with van der Waals surface area (Å²) in [5.41, 5.74) is 6.69. The number of halogens is 1. The van der Waals surface area contributed by atoms with E-state index in [1.807, 2.05) is 6.92 Å². The van der Waals surface area contributed by atoms with Crippen LogP contribution < -0.4 is 21.1 Å². The van der Waals surface area contributed by atoms with Crippen molar-refractivity contribution in [3.05, 3.63) is 24.3 Å². The van der Waals surface area contributed by atoms with Crippen molar-refractivity contribution in [2.24, 2.45) is 11.7 Å². The van der Waals surface area contributed by atoms with E-state index in [2.05, 4.69) is 10.6 Å². The quantitative estimate of drug-likeness (QED) is 0.670. The third kappa shape index (κ3) is 6.89. The van der Waals surface area contributed by atoms with Gasteiger partial charge in [0.1, 0.15) is 5.75 Å². The number of ether oxygens (including phenoxy) is 2. The first-order valence-corrected chi connectivity index (χ1v) is 8.24. The lowest BCUT2D eigenvalue weighted by Gasteiger charge is -2.26. The molecule has 2 amide bonds. The number of likely N-dealkylation sites (N-methyl/N-ethyl adjacent to an activating group) is 1. The van der Waals surface area contributed by atoms with Crippen LogP contribution >= 0.6 is 12.4 Å². The van der Waals surface area contributed by atoms with Crippen molar-refractivity contribution in [1.82, 2.24) is 5.32 Å². The fraction of sp³-hybridized carbons (Fsp3) is 0.529. The predicted octanol–water partition coefficient (Wildman–Crippen LogP) is 1.32. The van der Waals surface area contributed by atoms with Crippen LogP contribution in [0.15, 0.2) is 24.3 Å². The summed E-state index contributed by atoms with van der Waals surface area (Å²) >= 11 is 0. The maximum absolute atomic E-state index is 12.2. The van der Waals surface area contributed by atoms with E-state index in [1.165, 1.54) is 0 Å². The summed E-state index contributed by atoms with van der Waals surface area (Å²) in [6, 6.07) is 6.31. The minimum absolute atomic E-state index is 0. The molecule has 0 aromatic heterocycles. The van der Waals surface area contributed by atoms with E-state index in [4.69, 9.17) is 15.2 Å². The van der Waals surface area contributed by atoms with Gasteiger partial charge in [-0.15, -0.1) is 12.4 Å². The molecule has 2 rings (SSSR count). The molecule has 1 aliphatic heterocycles. The first kappa shape index (κ1) is 21.2. The average molecular weight is 372 g/mol. The van der Waals surface area contributed by atoms with Gasteiger partial charge in [-0.2, -0.15) is 0 Å². The summed E-state index contributed by atoms with van der Waals surface area (Å²) in [5, 5.41) is 5.46. The molecule has 1 aliphatic rings. The highest BCUT2D eigenvalue weighted by Crippen LogP contribution is 2.20. The molecule has 1 saturated heterocycles. The minimum Gasteiger partial charge on any atom is -0.484 e. The third-order valence-electron chi connectivity index (χ3n) is 3.94. The molecule has 0 radical (unpaired) electrons. The summed E-state index contributed by atoms with van der Waals surface area (Å²) < 4.78 is 10.6. The van der Waals surface area contributed by atoms with E-state index >= 15 is 0 Å². The maximum Gasteiger partial charge on any atom is 0.257 e. The van der Waals surface area contributed by atoms with Crippen molar-refractivity contribution < 1.29 is 19.1 Å². The van der Waals surface area contributed by atoms with Gasteiger partial charge in [-0.05, 0) is 49.9 Å². The van der Waals surface area contributed by atoms with Gasteiger partial charge in [0.15, 0.2) is 6.61 Å². The molecule has 7 nitrogen and oxygen atoms in total. The molecule has 25 heavy (non-hydrogen) atoms. The van der Waals surface area contributed by atoms with Crippen LogP contribution in [0, 0.1) is 5.92 Å². The van der Waals surface area contributed by atoms with Crippen LogP contribution in [-0.2, 0) is 14.3 Å². The number of hydrogen-bond acceptors (Lipinski definition) is 5. The van der Waals surface area contributed by atoms with Gasteiger partial charge in [0.2, 0.25) is 5.91 Å². The van der Waals surface area contributed by atoms with Crippen molar-refractivity contribution in [2.45, 2.75) is 25.8 Å². The lowest BCUT2D eigenvalue weighted by molar-refractivity contribution is -0.123. The number of anilines is 1. The Kier molecular flexibility index (Phi) is 9.26. The molecule has 140 valence electrons. The highest BCUT2D eigenvalue weighted by atomic mass is 35.5. The second-order valence-corrected chi connectivity index (χ2v) is 5.73. The summed E-state index contributed by atoms with van der Waals surface area (Å²) in [5.74, 6) is 0.349. The number of rotatable bonds is 7. The second-order valence-electron chi connectivity index (χ2n) is 5.73. The topological polar surface area (TPSA) is 103 Å². The molecule has 8 heteroatoms. The highest BCUT2D eigenvalue weighted by Gasteiger charge is 2.26. The Morgan fingerprint density at radius 2 is 1.92 bits per heavy atom. The highest BCUT2D eigenvalue weighted by molar-refractivity contribution is 5.94. The first-order valence-electron chi connectivity index (χ1n) is 8.24. The Labute approximate surface area is 154 Å². The van der Waals surface area contributed by atoms with E-state index in [1.54, 1.807) is 24.3 Å². The zero-order valence-electron chi connectivity index (χ0n) is 14.3. The average Bonchev–Trinajstić information content (AvgIpc) is 2.61. The van der Waals surface area contributed by atoms with E-state index in [0.29, 0.717) is 31.2 Å². The molecule has 1 unspecified atom stereocenters. The fourth-order valence-corrected chi connectivity index (χ4v) is 2.55. The lowest BCUT2D eigenvalue weighted by Crippen LogP contribution is -2.43. The summed E-state index contributed by atoms with van der Waals surface area (Å²) in [6.45, 7) is 3.70. The van der Waals surface area contributed by atoms with Crippen LogP contribution in [0.4, 0.5) is 5.69 Å². The molecule has 1 fully saturated rings. The number of carbonyl (C=O) groups is 2. The van der Waals surface area contributed by atoms with Gasteiger partial charge in [-0.1, -0.05) is 0 Å². The normalized spacial score (nSPS) is 15.6. The Morgan fingerprint density at radius 3 is 2.52 bits per heavy atom. The largest absolute Gasteiger partial charge is 0.484 e. The predicted molar refractivity (Wildman–Crippen MR) is 98.0 cm³/mol. The van der Waals surface area contributed by atoms with Gasteiger partial charge in [-0.3, -0.25) is 9.59 Å². The second kappa shape index (κ2) is 10.9. The number of carbonyl (C=O) groups excluding carboxylic acids is 2. The Hall–Kier alpha value is -1.83. The van der Waals surface area contributed by atoms with Crippen molar-refractivity contribution in [3.8, 4) is 5.75 Å². The summed E-state index contributed by atoms with van der Waals surface area (Å²) in [6.07, 6.45) is 1.61. The molecule has 0 spiro atoms. The van der Waals surface area contributed by atoms with E-state index < -0.39 is 6.04 Å². The van der Waals surface area contributed by atoms with E-state index in [-0.39, 0.29) is 36.7 Å². The van der Waals surface area contributed by atoms with Crippen LogP contribution in [0.3, 0.4) is 0 Å². The number of nitrogens with two attached hydrogens (primary N) is 1. The van der Waals surface area contributed by atoms with E-state index in [0.717, 1.165) is 12.8 Å². The smallest absolute Gasteiger partial charge is 0.257 e. The van der Waals surface area contributed by atoms with Gasteiger partial charge in [-0.25, -0.2) is 0 Å². The molecule has 1 aromatic carbocycles. The molecule has 1 aromatic rings. The molecule has 0 bridgehead atoms. The molecule has 0 aliphatic carbocycles. The number of hydrogen-bond donors (Lipinski definition) is 3. The monoisotopic (exact) mass is 371 g/mol. The molecule has 1 heterocycles. The fourth-order valence-electron chi connectivity index (χ4n) is 2.55. The van der Waals surface area contributed by atoms with Crippen molar-refractivity contribution in [1.29, 1.82) is 0 Å². The van der Waals surface area contributed by atoms with Crippen LogP contribution in [0.5, 0.6) is 5.75 Å². The van der Waals surface area contributed by atoms with Crippen molar-refractivity contribution in [3.63, 3.8) is 0 Å². The zero-order valence-corrected chi connectivity index (χ0v) is 15.1. The lowest BCUT2D eigenvalue weighted by atomic mass is 9.92. The zero-order chi connectivity index (χ0) is 17.4. The van der Waals surface area contributed by atoms with Gasteiger partial charge in [0.05, 0.1) is 6.04 Å². The maximum atomic E-state index is 12.2. The van der Waals surface area contributed by atoms with Crippen molar-refractivity contribution >= 4 is 29.9 Å². The Bertz CT molecular complexity index is 547.